The molecule has 1 fully saturated rings. The number of fused-ring (bicyclic) bond motifs is 1. The van der Waals surface area contributed by atoms with Crippen molar-refractivity contribution in [2.75, 3.05) is 7.11 Å². The van der Waals surface area contributed by atoms with Crippen molar-refractivity contribution in [2.45, 2.75) is 39.3 Å². The molecular formula is C30H32N4O6. The molecule has 0 radical (unpaired) electrons. The van der Waals surface area contributed by atoms with Crippen LogP contribution in [0.25, 0.3) is 10.9 Å². The van der Waals surface area contributed by atoms with Crippen LogP contribution in [0.3, 0.4) is 0 Å². The first-order valence-corrected chi connectivity index (χ1v) is 13.1. The molecule has 0 unspecified atom stereocenters. The van der Waals surface area contributed by atoms with E-state index in [1.54, 1.807) is 50.2 Å². The summed E-state index contributed by atoms with van der Waals surface area (Å²) in [6.45, 7) is 5.01. The molecule has 4 amide bonds. The van der Waals surface area contributed by atoms with Gasteiger partial charge in [0.15, 0.2) is 5.78 Å². The van der Waals surface area contributed by atoms with Crippen molar-refractivity contribution in [1.82, 2.24) is 20.9 Å². The summed E-state index contributed by atoms with van der Waals surface area (Å²) in [6.07, 6.45) is -0.178. The van der Waals surface area contributed by atoms with E-state index in [9.17, 15) is 24.0 Å². The van der Waals surface area contributed by atoms with Crippen LogP contribution in [-0.2, 0) is 19.2 Å². The minimum absolute atomic E-state index is 0.123. The predicted octanol–water partition coefficient (Wildman–Crippen LogP) is 2.72. The van der Waals surface area contributed by atoms with Gasteiger partial charge in [-0.1, -0.05) is 63.2 Å². The first-order chi connectivity index (χ1) is 19.1. The molecule has 0 spiro atoms. The second-order valence-electron chi connectivity index (χ2n) is 10.2. The van der Waals surface area contributed by atoms with E-state index in [1.165, 1.54) is 14.0 Å². The summed E-state index contributed by atoms with van der Waals surface area (Å²) in [6, 6.07) is 16.1. The highest BCUT2D eigenvalue weighted by Gasteiger charge is 2.46. The van der Waals surface area contributed by atoms with Gasteiger partial charge >= 0.3 is 0 Å². The lowest BCUT2D eigenvalue weighted by Crippen LogP contribution is -2.49. The zero-order valence-corrected chi connectivity index (χ0v) is 22.8. The molecule has 3 N–H and O–H groups in total. The standard InChI is InChI=1S/C30H32N4O6/c1-16(2)26(27(36)25-17(3)28(37)34-30(25)39)33-24(35)15-21(18-10-6-5-7-11-18)32-29(38)22-14-23(40-4)19-12-8-9-13-20(19)31-22/h5-14,16-17,21,25-26H,15H2,1-4H3,(H,32,38)(H,33,35)(H,34,37,39)/t17-,21-,25+,26+/m0/s1. The highest BCUT2D eigenvalue weighted by atomic mass is 16.5. The quantitative estimate of drug-likeness (QED) is 0.263. The molecule has 10 nitrogen and oxygen atoms in total. The van der Waals surface area contributed by atoms with Crippen LogP contribution >= 0.6 is 0 Å². The summed E-state index contributed by atoms with van der Waals surface area (Å²) in [5, 5.41) is 8.57. The third-order valence-corrected chi connectivity index (χ3v) is 7.07. The minimum atomic E-state index is -1.17. The van der Waals surface area contributed by atoms with Gasteiger partial charge in [-0.3, -0.25) is 29.3 Å². The van der Waals surface area contributed by atoms with Gasteiger partial charge in [0, 0.05) is 11.5 Å². The number of amides is 4. The van der Waals surface area contributed by atoms with Gasteiger partial charge in [-0.15, -0.1) is 0 Å². The van der Waals surface area contributed by atoms with Crippen molar-refractivity contribution in [3.8, 4) is 5.75 Å². The normalized spacial score (nSPS) is 18.2. The van der Waals surface area contributed by atoms with Crippen LogP contribution in [0, 0.1) is 17.8 Å². The second-order valence-corrected chi connectivity index (χ2v) is 10.2. The molecular weight excluding hydrogens is 512 g/mol. The number of nitrogens with zero attached hydrogens (tertiary/aromatic N) is 1. The van der Waals surface area contributed by atoms with Gasteiger partial charge in [0.2, 0.25) is 17.7 Å². The van der Waals surface area contributed by atoms with Gasteiger partial charge in [-0.25, -0.2) is 4.98 Å². The maximum absolute atomic E-state index is 13.3. The van der Waals surface area contributed by atoms with E-state index in [2.05, 4.69) is 20.9 Å². The number of methoxy groups -OCH3 is 1. The van der Waals surface area contributed by atoms with Crippen molar-refractivity contribution in [3.05, 3.63) is 71.9 Å². The van der Waals surface area contributed by atoms with E-state index in [1.807, 2.05) is 24.3 Å². The Balaban J connectivity index is 1.55. The van der Waals surface area contributed by atoms with Crippen LogP contribution in [0.15, 0.2) is 60.7 Å². The Bertz CT molecular complexity index is 1460. The lowest BCUT2D eigenvalue weighted by Gasteiger charge is -2.26. The third kappa shape index (κ3) is 6.01. The van der Waals surface area contributed by atoms with Crippen LogP contribution in [0.1, 0.15) is 49.3 Å². The number of ether oxygens (including phenoxy) is 1. The third-order valence-electron chi connectivity index (χ3n) is 7.07. The summed E-state index contributed by atoms with van der Waals surface area (Å²) in [5.41, 5.74) is 1.39. The van der Waals surface area contributed by atoms with Gasteiger partial charge in [0.25, 0.3) is 5.91 Å². The summed E-state index contributed by atoms with van der Waals surface area (Å²) < 4.78 is 5.46. The van der Waals surface area contributed by atoms with Crippen LogP contribution in [0.2, 0.25) is 0 Å². The van der Waals surface area contributed by atoms with Crippen LogP contribution in [0.4, 0.5) is 0 Å². The molecule has 40 heavy (non-hydrogen) atoms. The summed E-state index contributed by atoms with van der Waals surface area (Å²) >= 11 is 0. The van der Waals surface area contributed by atoms with E-state index in [0.29, 0.717) is 16.8 Å². The fraction of sp³-hybridized carbons (Fsp3) is 0.333. The highest BCUT2D eigenvalue weighted by molar-refractivity contribution is 6.16. The summed E-state index contributed by atoms with van der Waals surface area (Å²) in [5.74, 6) is -4.53. The molecule has 2 heterocycles. The Labute approximate surface area is 231 Å². The van der Waals surface area contributed by atoms with Gasteiger partial charge in [0.05, 0.1) is 37.0 Å². The Morgan fingerprint density at radius 1 is 0.975 bits per heavy atom. The fourth-order valence-corrected chi connectivity index (χ4v) is 4.84. The summed E-state index contributed by atoms with van der Waals surface area (Å²) in [7, 11) is 1.51. The minimum Gasteiger partial charge on any atom is -0.496 e. The molecule has 10 heteroatoms. The summed E-state index contributed by atoms with van der Waals surface area (Å²) in [4.78, 5) is 68.5. The number of nitrogens with one attached hydrogen (secondary N) is 3. The van der Waals surface area contributed by atoms with E-state index in [0.717, 1.165) is 5.39 Å². The van der Waals surface area contributed by atoms with Crippen molar-refractivity contribution < 1.29 is 28.7 Å². The lowest BCUT2D eigenvalue weighted by molar-refractivity contribution is -0.137. The number of hydrogen-bond acceptors (Lipinski definition) is 7. The average Bonchev–Trinajstić information content (AvgIpc) is 3.20. The van der Waals surface area contributed by atoms with Crippen molar-refractivity contribution in [2.24, 2.45) is 17.8 Å². The second kappa shape index (κ2) is 12.1. The number of carbonyl (C=O) groups is 5. The number of para-hydroxylation sites is 1. The number of hydrogen-bond donors (Lipinski definition) is 3. The molecule has 3 aromatic rings. The van der Waals surface area contributed by atoms with E-state index >= 15 is 0 Å². The van der Waals surface area contributed by atoms with E-state index in [-0.39, 0.29) is 18.0 Å². The van der Waals surface area contributed by atoms with Crippen LogP contribution in [-0.4, -0.2) is 47.5 Å². The molecule has 0 aliphatic carbocycles. The molecule has 1 aliphatic rings. The van der Waals surface area contributed by atoms with Crippen LogP contribution < -0.4 is 20.7 Å². The number of pyridine rings is 1. The maximum Gasteiger partial charge on any atom is 0.270 e. The number of rotatable bonds is 10. The lowest BCUT2D eigenvalue weighted by atomic mass is 9.85. The fourth-order valence-electron chi connectivity index (χ4n) is 4.84. The first kappa shape index (κ1) is 28.4. The number of ketones is 1. The topological polar surface area (TPSA) is 144 Å². The molecule has 2 aromatic carbocycles. The Kier molecular flexibility index (Phi) is 8.57. The molecule has 0 bridgehead atoms. The predicted molar refractivity (Wildman–Crippen MR) is 147 cm³/mol. The zero-order chi connectivity index (χ0) is 29.0. The SMILES string of the molecule is COc1cc(C(=O)N[C@@H](CC(=O)N[C@@H](C(=O)[C@@H]2C(=O)NC(=O)[C@H]2C)C(C)C)c2ccccc2)nc2ccccc12. The number of imide groups is 1. The smallest absolute Gasteiger partial charge is 0.270 e. The van der Waals surface area contributed by atoms with Crippen molar-refractivity contribution in [1.29, 1.82) is 0 Å². The van der Waals surface area contributed by atoms with Gasteiger partial charge in [0.1, 0.15) is 17.4 Å². The van der Waals surface area contributed by atoms with Gasteiger partial charge in [-0.05, 0) is 23.6 Å². The maximum atomic E-state index is 13.3. The average molecular weight is 545 g/mol. The molecule has 208 valence electrons. The highest BCUT2D eigenvalue weighted by Crippen LogP contribution is 2.26. The Hall–Kier alpha value is -4.60. The van der Waals surface area contributed by atoms with Crippen molar-refractivity contribution in [3.63, 3.8) is 0 Å². The van der Waals surface area contributed by atoms with Gasteiger partial charge in [-0.2, -0.15) is 0 Å². The van der Waals surface area contributed by atoms with E-state index < -0.39 is 53.3 Å². The largest absolute Gasteiger partial charge is 0.496 e. The number of Topliss-reactive ketones (excluding diaryl/α,β-unsaturated/α-hetero) is 1. The molecule has 1 saturated heterocycles. The molecule has 1 aliphatic heterocycles. The first-order valence-electron chi connectivity index (χ1n) is 13.1. The molecule has 4 rings (SSSR count). The molecule has 0 saturated carbocycles. The number of benzene rings is 2. The van der Waals surface area contributed by atoms with Crippen molar-refractivity contribution >= 4 is 40.3 Å². The van der Waals surface area contributed by atoms with E-state index in [4.69, 9.17) is 4.74 Å². The molecule has 1 aromatic heterocycles. The Morgan fingerprint density at radius 2 is 1.65 bits per heavy atom. The van der Waals surface area contributed by atoms with Gasteiger partial charge < -0.3 is 15.4 Å². The monoisotopic (exact) mass is 544 g/mol. The number of aromatic nitrogens is 1. The Morgan fingerprint density at radius 3 is 2.27 bits per heavy atom. The van der Waals surface area contributed by atoms with Crippen LogP contribution in [0.5, 0.6) is 5.75 Å². The zero-order valence-electron chi connectivity index (χ0n) is 22.8. The molecule has 4 atom stereocenters. The number of carbonyl (C=O) groups excluding carboxylic acids is 5.